The van der Waals surface area contributed by atoms with E-state index in [1.807, 2.05) is 12.1 Å². The molecule has 5 nitrogen and oxygen atoms in total. The van der Waals surface area contributed by atoms with Gasteiger partial charge in [-0.2, -0.15) is 0 Å². The lowest BCUT2D eigenvalue weighted by Crippen LogP contribution is -2.47. The summed E-state index contributed by atoms with van der Waals surface area (Å²) in [6.45, 7) is 0.451. The van der Waals surface area contributed by atoms with E-state index in [-0.39, 0.29) is 0 Å². The molecule has 1 atom stereocenters. The van der Waals surface area contributed by atoms with E-state index in [2.05, 4.69) is 15.9 Å². The molecule has 0 aliphatic heterocycles. The number of thiophene rings is 1. The predicted octanol–water partition coefficient (Wildman–Crippen LogP) is 0.923. The van der Waals surface area contributed by atoms with Gasteiger partial charge in [0.1, 0.15) is 0 Å². The Kier molecular flexibility index (Phi) is 5.10. The molecule has 0 aliphatic carbocycles. The number of aliphatic carboxylic acids is 1. The highest BCUT2D eigenvalue weighted by molar-refractivity contribution is 9.11. The van der Waals surface area contributed by atoms with Crippen LogP contribution >= 0.6 is 27.3 Å². The first-order valence-electron chi connectivity index (χ1n) is 4.89. The standard InChI is InChI=1S/C10H13BrN2O3S/c1-13(9(14)8(12)10(15)16)5-4-6-2-3-7(11)17-6/h2-3,8H,4-5,12H2,1H3,(H,15,16). The van der Waals surface area contributed by atoms with Crippen LogP contribution in [0.5, 0.6) is 0 Å². The van der Waals surface area contributed by atoms with E-state index in [1.54, 1.807) is 18.4 Å². The molecule has 0 aliphatic rings. The summed E-state index contributed by atoms with van der Waals surface area (Å²) in [5.74, 6) is -1.88. The van der Waals surface area contributed by atoms with Crippen molar-refractivity contribution in [3.8, 4) is 0 Å². The van der Waals surface area contributed by atoms with E-state index in [0.717, 1.165) is 8.66 Å². The number of carboxylic acid groups (broad SMARTS) is 1. The van der Waals surface area contributed by atoms with Gasteiger partial charge in [-0.05, 0) is 34.5 Å². The number of halogens is 1. The van der Waals surface area contributed by atoms with Crippen LogP contribution in [0.2, 0.25) is 0 Å². The van der Waals surface area contributed by atoms with Crippen molar-refractivity contribution in [1.29, 1.82) is 0 Å². The summed E-state index contributed by atoms with van der Waals surface area (Å²) in [7, 11) is 1.55. The molecule has 3 N–H and O–H groups in total. The van der Waals surface area contributed by atoms with Gasteiger partial charge in [-0.15, -0.1) is 11.3 Å². The third kappa shape index (κ3) is 4.10. The first-order chi connectivity index (χ1) is 7.91. The van der Waals surface area contributed by atoms with Crippen molar-refractivity contribution < 1.29 is 14.7 Å². The zero-order chi connectivity index (χ0) is 13.0. The van der Waals surface area contributed by atoms with Gasteiger partial charge in [-0.3, -0.25) is 4.79 Å². The number of carbonyl (C=O) groups is 2. The van der Waals surface area contributed by atoms with E-state index in [0.29, 0.717) is 13.0 Å². The molecule has 0 saturated carbocycles. The smallest absolute Gasteiger partial charge is 0.330 e. The summed E-state index contributed by atoms with van der Waals surface area (Å²) in [4.78, 5) is 24.5. The maximum absolute atomic E-state index is 11.5. The zero-order valence-electron chi connectivity index (χ0n) is 9.22. The molecule has 0 spiro atoms. The fourth-order valence-corrected chi connectivity index (χ4v) is 2.69. The van der Waals surface area contributed by atoms with Crippen LogP contribution in [0, 0.1) is 0 Å². The fourth-order valence-electron chi connectivity index (χ4n) is 1.22. The van der Waals surface area contributed by atoms with Crippen LogP contribution in [0.3, 0.4) is 0 Å². The van der Waals surface area contributed by atoms with Crippen molar-refractivity contribution in [2.75, 3.05) is 13.6 Å². The van der Waals surface area contributed by atoms with Crippen molar-refractivity contribution in [2.24, 2.45) is 5.73 Å². The van der Waals surface area contributed by atoms with Gasteiger partial charge < -0.3 is 15.7 Å². The lowest BCUT2D eigenvalue weighted by atomic mass is 10.2. The SMILES string of the molecule is CN(CCc1ccc(Br)s1)C(=O)C(N)C(=O)O. The second-order valence-corrected chi connectivity index (χ2v) is 6.08. The molecule has 0 saturated heterocycles. The molecule has 1 heterocycles. The van der Waals surface area contributed by atoms with Gasteiger partial charge >= 0.3 is 5.97 Å². The summed E-state index contributed by atoms with van der Waals surface area (Å²) >= 11 is 4.94. The molecular weight excluding hydrogens is 308 g/mol. The van der Waals surface area contributed by atoms with Crippen molar-refractivity contribution in [3.63, 3.8) is 0 Å². The Morgan fingerprint density at radius 1 is 1.59 bits per heavy atom. The van der Waals surface area contributed by atoms with Crippen LogP contribution < -0.4 is 5.73 Å². The van der Waals surface area contributed by atoms with Crippen LogP contribution in [0.4, 0.5) is 0 Å². The van der Waals surface area contributed by atoms with Crippen molar-refractivity contribution >= 4 is 39.1 Å². The second kappa shape index (κ2) is 6.13. The van der Waals surface area contributed by atoms with Crippen molar-refractivity contribution in [3.05, 3.63) is 20.8 Å². The number of nitrogens with two attached hydrogens (primary N) is 1. The maximum Gasteiger partial charge on any atom is 0.330 e. The number of carbonyl (C=O) groups excluding carboxylic acids is 1. The summed E-state index contributed by atoms with van der Waals surface area (Å²) in [6.07, 6.45) is 0.685. The normalized spacial score (nSPS) is 12.2. The van der Waals surface area contributed by atoms with Gasteiger partial charge in [0.2, 0.25) is 0 Å². The summed E-state index contributed by atoms with van der Waals surface area (Å²) < 4.78 is 1.03. The molecule has 1 rings (SSSR count). The van der Waals surface area contributed by atoms with Gasteiger partial charge in [-0.25, -0.2) is 4.79 Å². The van der Waals surface area contributed by atoms with Crippen LogP contribution in [0.15, 0.2) is 15.9 Å². The molecule has 0 bridgehead atoms. The lowest BCUT2D eigenvalue weighted by Gasteiger charge is -2.18. The molecule has 1 aromatic heterocycles. The highest BCUT2D eigenvalue weighted by Crippen LogP contribution is 2.22. The van der Waals surface area contributed by atoms with Crippen LogP contribution in [-0.4, -0.2) is 41.5 Å². The molecular formula is C10H13BrN2O3S. The minimum absolute atomic E-state index is 0.451. The Balaban J connectivity index is 2.47. The molecule has 94 valence electrons. The first-order valence-corrected chi connectivity index (χ1v) is 6.50. The Morgan fingerprint density at radius 2 is 2.24 bits per heavy atom. The van der Waals surface area contributed by atoms with E-state index in [1.165, 1.54) is 4.90 Å². The minimum Gasteiger partial charge on any atom is -0.480 e. The largest absolute Gasteiger partial charge is 0.480 e. The number of nitrogens with zero attached hydrogens (tertiary/aromatic N) is 1. The fraction of sp³-hybridized carbons (Fsp3) is 0.400. The summed E-state index contributed by atoms with van der Waals surface area (Å²) in [6, 6.07) is 2.42. The van der Waals surface area contributed by atoms with Crippen molar-refractivity contribution in [1.82, 2.24) is 4.90 Å². The molecule has 1 aromatic rings. The van der Waals surface area contributed by atoms with Gasteiger partial charge in [0.25, 0.3) is 5.91 Å². The number of likely N-dealkylation sites (N-methyl/N-ethyl adjacent to an activating group) is 1. The quantitative estimate of drug-likeness (QED) is 0.790. The second-order valence-electron chi connectivity index (χ2n) is 3.53. The van der Waals surface area contributed by atoms with Crippen molar-refractivity contribution in [2.45, 2.75) is 12.5 Å². The topological polar surface area (TPSA) is 83.6 Å². The van der Waals surface area contributed by atoms with Gasteiger partial charge in [0, 0.05) is 18.5 Å². The third-order valence-corrected chi connectivity index (χ3v) is 3.91. The molecule has 0 aromatic carbocycles. The average molecular weight is 321 g/mol. The van der Waals surface area contributed by atoms with E-state index in [4.69, 9.17) is 10.8 Å². The highest BCUT2D eigenvalue weighted by atomic mass is 79.9. The molecule has 17 heavy (non-hydrogen) atoms. The van der Waals surface area contributed by atoms with Gasteiger partial charge in [0.05, 0.1) is 3.79 Å². The van der Waals surface area contributed by atoms with Crippen LogP contribution in [0.25, 0.3) is 0 Å². The lowest BCUT2D eigenvalue weighted by molar-refractivity contribution is -0.145. The number of amides is 1. The summed E-state index contributed by atoms with van der Waals surface area (Å²) in [5, 5.41) is 8.61. The third-order valence-electron chi connectivity index (χ3n) is 2.23. The maximum atomic E-state index is 11.5. The van der Waals surface area contributed by atoms with Gasteiger partial charge in [-0.1, -0.05) is 0 Å². The van der Waals surface area contributed by atoms with E-state index < -0.39 is 17.9 Å². The molecule has 1 amide bonds. The molecule has 1 unspecified atom stereocenters. The average Bonchev–Trinajstić information content (AvgIpc) is 2.69. The van der Waals surface area contributed by atoms with Crippen LogP contribution in [0.1, 0.15) is 4.88 Å². The Hall–Kier alpha value is -0.920. The first kappa shape index (κ1) is 14.1. The van der Waals surface area contributed by atoms with E-state index >= 15 is 0 Å². The van der Waals surface area contributed by atoms with Gasteiger partial charge in [0.15, 0.2) is 6.04 Å². The van der Waals surface area contributed by atoms with E-state index in [9.17, 15) is 9.59 Å². The minimum atomic E-state index is -1.48. The zero-order valence-corrected chi connectivity index (χ0v) is 11.6. The Labute approximate surface area is 111 Å². The highest BCUT2D eigenvalue weighted by Gasteiger charge is 2.24. The molecule has 7 heteroatoms. The monoisotopic (exact) mass is 320 g/mol. The summed E-state index contributed by atoms with van der Waals surface area (Å²) in [5.41, 5.74) is 5.24. The number of carboxylic acids is 1. The molecule has 0 fully saturated rings. The molecule has 0 radical (unpaired) electrons. The number of hydrogen-bond acceptors (Lipinski definition) is 4. The predicted molar refractivity (Wildman–Crippen MR) is 69.0 cm³/mol. The Morgan fingerprint density at radius 3 is 2.71 bits per heavy atom. The Bertz CT molecular complexity index is 421. The van der Waals surface area contributed by atoms with Crippen LogP contribution in [-0.2, 0) is 16.0 Å². The number of rotatable bonds is 5. The number of hydrogen-bond donors (Lipinski definition) is 2.